The Morgan fingerprint density at radius 2 is 2.00 bits per heavy atom. The van der Waals surface area contributed by atoms with Crippen molar-refractivity contribution < 1.29 is 13.2 Å². The Morgan fingerprint density at radius 3 is 2.58 bits per heavy atom. The number of nitrogens with zero attached hydrogens (tertiary/aromatic N) is 2. The molecule has 2 heterocycles. The minimum absolute atomic E-state index is 0.0845. The van der Waals surface area contributed by atoms with E-state index in [-0.39, 0.29) is 11.3 Å². The zero-order chi connectivity index (χ0) is 22.6. The Balaban J connectivity index is 2.02. The van der Waals surface area contributed by atoms with Gasteiger partial charge in [0.05, 0.1) is 23.5 Å². The van der Waals surface area contributed by atoms with Crippen molar-refractivity contribution in [3.05, 3.63) is 87.4 Å². The molecule has 0 saturated carbocycles. The van der Waals surface area contributed by atoms with Crippen LogP contribution in [0.2, 0.25) is 0 Å². The number of rotatable bonds is 6. The van der Waals surface area contributed by atoms with Gasteiger partial charge in [0.1, 0.15) is 17.2 Å². The molecule has 0 radical (unpaired) electrons. The summed E-state index contributed by atoms with van der Waals surface area (Å²) >= 11 is 1.49. The number of nitrogens with two attached hydrogens (primary N) is 2. The third-order valence-electron chi connectivity index (χ3n) is 4.94. The number of aromatic nitrogens is 1. The summed E-state index contributed by atoms with van der Waals surface area (Å²) in [6, 6.07) is 9.43. The first-order chi connectivity index (χ1) is 14.7. The largest absolute Gasteiger partial charge is 0.317 e. The predicted octanol–water partition coefficient (Wildman–Crippen LogP) is 3.64. The number of benzene rings is 1. The van der Waals surface area contributed by atoms with Crippen LogP contribution in [-0.4, -0.2) is 22.9 Å². The summed E-state index contributed by atoms with van der Waals surface area (Å²) < 4.78 is 44.3. The molecular weight excluding hydrogens is 423 g/mol. The molecule has 9 heteroatoms. The van der Waals surface area contributed by atoms with Crippen molar-refractivity contribution in [2.75, 3.05) is 6.54 Å². The summed E-state index contributed by atoms with van der Waals surface area (Å²) in [6.07, 6.45) is 2.13. The van der Waals surface area contributed by atoms with Crippen molar-refractivity contribution in [1.29, 1.82) is 5.41 Å². The van der Waals surface area contributed by atoms with E-state index in [1.165, 1.54) is 23.6 Å². The Morgan fingerprint density at radius 1 is 1.23 bits per heavy atom. The third-order valence-corrected chi connectivity index (χ3v) is 5.73. The van der Waals surface area contributed by atoms with Gasteiger partial charge in [-0.3, -0.25) is 15.4 Å². The van der Waals surface area contributed by atoms with Gasteiger partial charge in [0.25, 0.3) is 0 Å². The molecule has 0 spiro atoms. The number of hydrazine groups is 1. The molecule has 3 aromatic rings. The maximum absolute atomic E-state index is 16.2. The lowest BCUT2D eigenvalue weighted by atomic mass is 9.74. The van der Waals surface area contributed by atoms with Gasteiger partial charge < -0.3 is 5.73 Å². The van der Waals surface area contributed by atoms with E-state index in [4.69, 9.17) is 17.0 Å². The second kappa shape index (κ2) is 8.89. The minimum Gasteiger partial charge on any atom is -0.317 e. The number of hydrogen-bond acceptors (Lipinski definition) is 5. The van der Waals surface area contributed by atoms with Gasteiger partial charge in [0, 0.05) is 23.4 Å². The fourth-order valence-electron chi connectivity index (χ4n) is 3.13. The van der Waals surface area contributed by atoms with Crippen LogP contribution in [0, 0.1) is 28.9 Å². The third kappa shape index (κ3) is 4.61. The lowest BCUT2D eigenvalue weighted by molar-refractivity contribution is 0.0455. The Bertz CT molecular complexity index is 1120. The first-order valence-electron chi connectivity index (χ1n) is 9.14. The summed E-state index contributed by atoms with van der Waals surface area (Å²) in [5, 5.41) is 10.0. The van der Waals surface area contributed by atoms with E-state index in [0.29, 0.717) is 11.6 Å². The van der Waals surface area contributed by atoms with E-state index in [9.17, 15) is 8.78 Å². The first-order valence-corrected chi connectivity index (χ1v) is 10.0. The van der Waals surface area contributed by atoms with Crippen LogP contribution in [0.25, 0.3) is 0 Å². The normalized spacial score (nSPS) is 14.6. The van der Waals surface area contributed by atoms with Gasteiger partial charge in [-0.1, -0.05) is 24.0 Å². The van der Waals surface area contributed by atoms with Crippen LogP contribution in [0.5, 0.6) is 0 Å². The van der Waals surface area contributed by atoms with Gasteiger partial charge in [-0.25, -0.2) is 19.0 Å². The van der Waals surface area contributed by atoms with Crippen molar-refractivity contribution in [1.82, 2.24) is 9.99 Å². The molecule has 0 fully saturated rings. The summed E-state index contributed by atoms with van der Waals surface area (Å²) in [5.74, 6) is 9.74. The molecule has 3 rings (SSSR count). The van der Waals surface area contributed by atoms with Crippen molar-refractivity contribution >= 4 is 17.7 Å². The molecule has 0 aliphatic heterocycles. The second-order valence-electron chi connectivity index (χ2n) is 7.06. The molecule has 160 valence electrons. The average molecular weight is 443 g/mol. The lowest BCUT2D eigenvalue weighted by Crippen LogP contribution is -2.60. The molecule has 2 unspecified atom stereocenters. The van der Waals surface area contributed by atoms with Gasteiger partial charge in [-0.15, -0.1) is 11.3 Å². The highest BCUT2D eigenvalue weighted by molar-refractivity contribution is 7.10. The lowest BCUT2D eigenvalue weighted by Gasteiger charge is -2.42. The summed E-state index contributed by atoms with van der Waals surface area (Å²) in [4.78, 5) is 5.03. The van der Waals surface area contributed by atoms with Crippen molar-refractivity contribution in [3.8, 4) is 11.8 Å². The number of thiophene rings is 1. The molecule has 0 saturated heterocycles. The quantitative estimate of drug-likeness (QED) is 0.178. The standard InChI is InChI=1S/C22H20F3N5S/c1-21(25,20-9-5-15(12-29-20)4-7-17-3-2-10-31-17)22(27,13-30(28)14-26)18-8-6-16(23)11-19(18)24/h2-3,5-6,8-12,14,26H,13,27-28H2,1H3. The van der Waals surface area contributed by atoms with Crippen LogP contribution in [0.15, 0.2) is 54.0 Å². The molecule has 0 aliphatic carbocycles. The zero-order valence-electron chi connectivity index (χ0n) is 16.6. The molecule has 0 bridgehead atoms. The Kier molecular flexibility index (Phi) is 6.45. The monoisotopic (exact) mass is 443 g/mol. The molecule has 0 amide bonds. The number of hydrogen-bond donors (Lipinski definition) is 3. The molecular formula is C22H20F3N5S. The highest BCUT2D eigenvalue weighted by Crippen LogP contribution is 2.42. The zero-order valence-corrected chi connectivity index (χ0v) is 17.4. The maximum atomic E-state index is 16.2. The van der Waals surface area contributed by atoms with E-state index in [1.54, 1.807) is 6.07 Å². The molecule has 1 aromatic carbocycles. The van der Waals surface area contributed by atoms with Crippen LogP contribution in [0.4, 0.5) is 13.2 Å². The Labute approximate surface area is 182 Å². The SMILES string of the molecule is CC(F)(c1ccc(C#Cc2cccs2)cn1)C(N)(CN(N)C=N)c1ccc(F)cc1F. The summed E-state index contributed by atoms with van der Waals surface area (Å²) in [5.41, 5.74) is 2.04. The predicted molar refractivity (Wildman–Crippen MR) is 115 cm³/mol. The minimum atomic E-state index is -2.44. The topological polar surface area (TPSA) is 92.0 Å². The van der Waals surface area contributed by atoms with Crippen LogP contribution in [-0.2, 0) is 11.2 Å². The van der Waals surface area contributed by atoms with Crippen molar-refractivity contribution in [2.24, 2.45) is 11.6 Å². The van der Waals surface area contributed by atoms with Gasteiger partial charge in [0.2, 0.25) is 0 Å². The van der Waals surface area contributed by atoms with Crippen molar-refractivity contribution in [2.45, 2.75) is 18.1 Å². The fraction of sp³-hybridized carbons (Fsp3) is 0.182. The summed E-state index contributed by atoms with van der Waals surface area (Å²) in [6.45, 7) is 0.681. The first kappa shape index (κ1) is 22.5. The van der Waals surface area contributed by atoms with Crippen LogP contribution in [0.1, 0.15) is 28.6 Å². The van der Waals surface area contributed by atoms with Crippen LogP contribution in [0.3, 0.4) is 0 Å². The number of nitrogens with one attached hydrogen (secondary N) is 1. The van der Waals surface area contributed by atoms with Gasteiger partial charge in [0.15, 0.2) is 5.67 Å². The van der Waals surface area contributed by atoms with Gasteiger partial charge >= 0.3 is 0 Å². The fourth-order valence-corrected chi connectivity index (χ4v) is 3.70. The van der Waals surface area contributed by atoms with Gasteiger partial charge in [-0.2, -0.15) is 0 Å². The second-order valence-corrected chi connectivity index (χ2v) is 8.01. The number of pyridine rings is 1. The van der Waals surface area contributed by atoms with Crippen LogP contribution < -0.4 is 11.6 Å². The van der Waals surface area contributed by atoms with E-state index in [0.717, 1.165) is 35.3 Å². The van der Waals surface area contributed by atoms with E-state index >= 15 is 4.39 Å². The molecule has 31 heavy (non-hydrogen) atoms. The van der Waals surface area contributed by atoms with Gasteiger partial charge in [-0.05, 0) is 36.6 Å². The number of halogens is 3. The van der Waals surface area contributed by atoms with E-state index in [2.05, 4.69) is 16.8 Å². The number of alkyl halides is 1. The molecule has 2 atom stereocenters. The highest BCUT2D eigenvalue weighted by atomic mass is 32.1. The van der Waals surface area contributed by atoms with Crippen LogP contribution >= 0.6 is 11.3 Å². The molecule has 0 aliphatic rings. The van der Waals surface area contributed by atoms with Crippen molar-refractivity contribution in [3.63, 3.8) is 0 Å². The average Bonchev–Trinajstić information content (AvgIpc) is 3.25. The van der Waals surface area contributed by atoms with E-state index in [1.807, 2.05) is 17.5 Å². The maximum Gasteiger partial charge on any atom is 0.173 e. The molecule has 5 nitrogen and oxygen atoms in total. The smallest absolute Gasteiger partial charge is 0.173 e. The molecule has 5 N–H and O–H groups in total. The van der Waals surface area contributed by atoms with E-state index < -0.39 is 29.4 Å². The summed E-state index contributed by atoms with van der Waals surface area (Å²) in [7, 11) is 0. The Hall–Kier alpha value is -3.19. The highest BCUT2D eigenvalue weighted by Gasteiger charge is 2.51. The molecule has 2 aromatic heterocycles.